The van der Waals surface area contributed by atoms with Gasteiger partial charge in [-0.1, -0.05) is 48.5 Å². The second kappa shape index (κ2) is 6.94. The fraction of sp³-hybridized carbons (Fsp3) is 0.105. The summed E-state index contributed by atoms with van der Waals surface area (Å²) in [5.74, 6) is 0.235. The molecular formula is C19H19N3O2S. The van der Waals surface area contributed by atoms with Crippen LogP contribution in [0.15, 0.2) is 76.6 Å². The highest BCUT2D eigenvalue weighted by Crippen LogP contribution is 2.19. The van der Waals surface area contributed by atoms with Crippen molar-refractivity contribution in [1.82, 2.24) is 0 Å². The average Bonchev–Trinajstić information content (AvgIpc) is 2.59. The number of anilines is 1. The lowest BCUT2D eigenvalue weighted by molar-refractivity contribution is 0.602. The van der Waals surface area contributed by atoms with Crippen LogP contribution in [0.1, 0.15) is 5.56 Å². The van der Waals surface area contributed by atoms with Gasteiger partial charge in [0.1, 0.15) is 0 Å². The first-order valence-corrected chi connectivity index (χ1v) is 9.66. The summed E-state index contributed by atoms with van der Waals surface area (Å²) in [6.45, 7) is 0.436. The Balaban J connectivity index is 1.78. The van der Waals surface area contributed by atoms with Crippen molar-refractivity contribution < 1.29 is 8.42 Å². The average molecular weight is 353 g/mol. The summed E-state index contributed by atoms with van der Waals surface area (Å²) in [7, 11) is -3.26. The number of hydrogen-bond acceptors (Lipinski definition) is 3. The third-order valence-electron chi connectivity index (χ3n) is 3.83. The number of rotatable bonds is 4. The molecule has 0 spiro atoms. The molecule has 3 aromatic rings. The largest absolute Gasteiger partial charge is 0.370 e. The van der Waals surface area contributed by atoms with Crippen LogP contribution in [0.3, 0.4) is 0 Å². The van der Waals surface area contributed by atoms with Gasteiger partial charge in [0, 0.05) is 11.9 Å². The fourth-order valence-electron chi connectivity index (χ4n) is 2.59. The van der Waals surface area contributed by atoms with Gasteiger partial charge >= 0.3 is 0 Å². The molecular weight excluding hydrogens is 334 g/mol. The van der Waals surface area contributed by atoms with Gasteiger partial charge in [-0.25, -0.2) is 13.4 Å². The van der Waals surface area contributed by atoms with E-state index in [1.807, 2.05) is 24.3 Å². The van der Waals surface area contributed by atoms with Crippen LogP contribution in [0, 0.1) is 0 Å². The number of guanidine groups is 1. The molecule has 0 heterocycles. The van der Waals surface area contributed by atoms with Gasteiger partial charge in [-0.05, 0) is 34.5 Å². The number of nitrogens with zero attached hydrogens (tertiary/aromatic N) is 1. The molecule has 128 valence electrons. The van der Waals surface area contributed by atoms with Crippen molar-refractivity contribution in [1.29, 1.82) is 0 Å². The standard InChI is InChI=1S/C19H19N3O2S/c1-25(23,24)17-10-5-9-16(12-17)22-19(20)21-13-15-8-4-7-14-6-2-3-11-18(14)15/h2-12H,13H2,1H3,(H3,20,21,22). The van der Waals surface area contributed by atoms with Crippen LogP contribution in [0.2, 0.25) is 0 Å². The molecule has 0 amide bonds. The van der Waals surface area contributed by atoms with E-state index >= 15 is 0 Å². The Labute approximate surface area is 147 Å². The molecule has 6 heteroatoms. The van der Waals surface area contributed by atoms with Crippen LogP contribution in [0.4, 0.5) is 5.69 Å². The molecule has 5 nitrogen and oxygen atoms in total. The molecule has 0 saturated heterocycles. The molecule has 0 aliphatic heterocycles. The van der Waals surface area contributed by atoms with Gasteiger partial charge in [-0.15, -0.1) is 0 Å². The zero-order chi connectivity index (χ0) is 17.9. The molecule has 0 saturated carbocycles. The van der Waals surface area contributed by atoms with Crippen molar-refractivity contribution >= 4 is 32.3 Å². The Bertz CT molecular complexity index is 1040. The first-order valence-electron chi connectivity index (χ1n) is 7.77. The Kier molecular flexibility index (Phi) is 4.72. The van der Waals surface area contributed by atoms with Crippen LogP contribution < -0.4 is 11.1 Å². The monoisotopic (exact) mass is 353 g/mol. The van der Waals surface area contributed by atoms with Crippen molar-refractivity contribution in [2.45, 2.75) is 11.4 Å². The van der Waals surface area contributed by atoms with Crippen molar-refractivity contribution in [2.75, 3.05) is 11.6 Å². The number of sulfone groups is 1. The maximum Gasteiger partial charge on any atom is 0.193 e. The number of nitrogens with one attached hydrogen (secondary N) is 1. The van der Waals surface area contributed by atoms with Gasteiger partial charge in [-0.2, -0.15) is 0 Å². The van der Waals surface area contributed by atoms with E-state index in [-0.39, 0.29) is 10.9 Å². The Morgan fingerprint density at radius 3 is 2.56 bits per heavy atom. The number of benzene rings is 3. The van der Waals surface area contributed by atoms with Crippen LogP contribution >= 0.6 is 0 Å². The Morgan fingerprint density at radius 1 is 1.04 bits per heavy atom. The second-order valence-electron chi connectivity index (χ2n) is 5.76. The molecule has 0 aliphatic carbocycles. The van der Waals surface area contributed by atoms with Crippen molar-refractivity contribution in [2.24, 2.45) is 10.7 Å². The molecule has 0 aromatic heterocycles. The van der Waals surface area contributed by atoms with Crippen LogP contribution in [0.25, 0.3) is 10.8 Å². The molecule has 0 unspecified atom stereocenters. The lowest BCUT2D eigenvalue weighted by Gasteiger charge is -2.08. The van der Waals surface area contributed by atoms with E-state index in [0.717, 1.165) is 16.3 Å². The maximum atomic E-state index is 11.6. The number of hydrogen-bond donors (Lipinski definition) is 2. The van der Waals surface area contributed by atoms with Crippen molar-refractivity contribution in [3.63, 3.8) is 0 Å². The quantitative estimate of drug-likeness (QED) is 0.557. The van der Waals surface area contributed by atoms with Crippen LogP contribution in [-0.2, 0) is 16.4 Å². The van der Waals surface area contributed by atoms with E-state index in [0.29, 0.717) is 12.2 Å². The predicted octanol–water partition coefficient (Wildman–Crippen LogP) is 3.17. The molecule has 0 atom stereocenters. The predicted molar refractivity (Wildman–Crippen MR) is 102 cm³/mol. The molecule has 3 aromatic carbocycles. The molecule has 0 aliphatic rings. The van der Waals surface area contributed by atoms with Crippen LogP contribution in [0.5, 0.6) is 0 Å². The van der Waals surface area contributed by atoms with Gasteiger partial charge in [-0.3, -0.25) is 0 Å². The summed E-state index contributed by atoms with van der Waals surface area (Å²) in [6.07, 6.45) is 1.17. The molecule has 0 bridgehead atoms. The maximum absolute atomic E-state index is 11.6. The van der Waals surface area contributed by atoms with Gasteiger partial charge in [0.15, 0.2) is 15.8 Å². The summed E-state index contributed by atoms with van der Waals surface area (Å²) in [6, 6.07) is 20.7. The smallest absolute Gasteiger partial charge is 0.193 e. The Morgan fingerprint density at radius 2 is 1.76 bits per heavy atom. The normalized spacial score (nSPS) is 12.3. The van der Waals surface area contributed by atoms with Gasteiger partial charge in [0.2, 0.25) is 0 Å². The summed E-state index contributed by atoms with van der Waals surface area (Å²) < 4.78 is 23.2. The van der Waals surface area contributed by atoms with E-state index in [1.54, 1.807) is 18.2 Å². The zero-order valence-corrected chi connectivity index (χ0v) is 14.6. The minimum absolute atomic E-state index is 0.235. The molecule has 0 fully saturated rings. The minimum Gasteiger partial charge on any atom is -0.370 e. The van der Waals surface area contributed by atoms with Gasteiger partial charge in [0.05, 0.1) is 11.4 Å². The first kappa shape index (κ1) is 17.0. The third-order valence-corrected chi connectivity index (χ3v) is 4.94. The molecule has 3 N–H and O–H groups in total. The van der Waals surface area contributed by atoms with Crippen LogP contribution in [-0.4, -0.2) is 20.6 Å². The number of fused-ring (bicyclic) bond motifs is 1. The van der Waals surface area contributed by atoms with E-state index in [9.17, 15) is 8.42 Å². The number of aliphatic imine (C=N–C) groups is 1. The SMILES string of the molecule is CS(=O)(=O)c1cccc(NC(N)=NCc2cccc3ccccc23)c1. The van der Waals surface area contributed by atoms with Crippen molar-refractivity contribution in [3.05, 3.63) is 72.3 Å². The lowest BCUT2D eigenvalue weighted by Crippen LogP contribution is -2.22. The minimum atomic E-state index is -3.26. The van der Waals surface area contributed by atoms with E-state index in [4.69, 9.17) is 5.73 Å². The highest BCUT2D eigenvalue weighted by Gasteiger charge is 2.07. The fourth-order valence-corrected chi connectivity index (χ4v) is 3.26. The zero-order valence-electron chi connectivity index (χ0n) is 13.8. The third kappa shape index (κ3) is 4.16. The van der Waals surface area contributed by atoms with E-state index in [1.165, 1.54) is 12.3 Å². The van der Waals surface area contributed by atoms with Gasteiger partial charge in [0.25, 0.3) is 0 Å². The Hall–Kier alpha value is -2.86. The molecule has 25 heavy (non-hydrogen) atoms. The summed E-state index contributed by atoms with van der Waals surface area (Å²) in [5.41, 5.74) is 7.61. The summed E-state index contributed by atoms with van der Waals surface area (Å²) in [4.78, 5) is 4.60. The van der Waals surface area contributed by atoms with Gasteiger partial charge < -0.3 is 11.1 Å². The highest BCUT2D eigenvalue weighted by molar-refractivity contribution is 7.90. The van der Waals surface area contributed by atoms with E-state index in [2.05, 4.69) is 28.5 Å². The number of nitrogens with two attached hydrogens (primary N) is 1. The lowest BCUT2D eigenvalue weighted by atomic mass is 10.1. The highest BCUT2D eigenvalue weighted by atomic mass is 32.2. The first-order chi connectivity index (χ1) is 11.9. The second-order valence-corrected chi connectivity index (χ2v) is 7.78. The summed E-state index contributed by atoms with van der Waals surface area (Å²) in [5, 5.41) is 5.23. The molecule has 3 rings (SSSR count). The topological polar surface area (TPSA) is 84.5 Å². The van der Waals surface area contributed by atoms with Crippen molar-refractivity contribution in [3.8, 4) is 0 Å². The summed E-state index contributed by atoms with van der Waals surface area (Å²) >= 11 is 0. The molecule has 0 radical (unpaired) electrons. The van der Waals surface area contributed by atoms with E-state index < -0.39 is 9.84 Å².